The number of carbonyl (C=O) groups excluding carboxylic acids is 2. The molecular formula is C13H12N2O2. The number of amides is 1. The third kappa shape index (κ3) is 2.34. The highest BCUT2D eigenvalue weighted by molar-refractivity contribution is 6.06. The Hall–Kier alpha value is -2.15. The third-order valence-corrected chi connectivity index (χ3v) is 2.79. The Labute approximate surface area is 99.2 Å². The number of hydrogen-bond donors (Lipinski definition) is 1. The molecule has 0 aliphatic heterocycles. The van der Waals surface area contributed by atoms with Gasteiger partial charge in [0.2, 0.25) is 5.91 Å². The van der Waals surface area contributed by atoms with Gasteiger partial charge in [0, 0.05) is 12.0 Å². The van der Waals surface area contributed by atoms with Gasteiger partial charge in [-0.25, -0.2) is 0 Å². The lowest BCUT2D eigenvalue weighted by Gasteiger charge is -2.18. The zero-order valence-corrected chi connectivity index (χ0v) is 9.32. The number of nitriles is 1. The fourth-order valence-electron chi connectivity index (χ4n) is 2.07. The van der Waals surface area contributed by atoms with E-state index < -0.39 is 0 Å². The molecule has 4 nitrogen and oxygen atoms in total. The van der Waals surface area contributed by atoms with Gasteiger partial charge in [-0.05, 0) is 24.5 Å². The monoisotopic (exact) mass is 228 g/mol. The van der Waals surface area contributed by atoms with Crippen molar-refractivity contribution in [3.05, 3.63) is 29.3 Å². The van der Waals surface area contributed by atoms with Crippen LogP contribution in [0.2, 0.25) is 0 Å². The number of fused-ring (bicyclic) bond motifs is 1. The standard InChI is InChI=1S/C13H12N2O2/c14-8-7-12(17)15-10-5-1-3-9-4-2-6-11(16)13(9)10/h1,3,5H,2,4,6-7H2,(H,15,17). The molecule has 0 unspecified atom stereocenters. The summed E-state index contributed by atoms with van der Waals surface area (Å²) in [5.41, 5.74) is 2.13. The van der Waals surface area contributed by atoms with Crippen LogP contribution >= 0.6 is 0 Å². The number of nitrogens with zero attached hydrogens (tertiary/aromatic N) is 1. The van der Waals surface area contributed by atoms with Gasteiger partial charge in [-0.1, -0.05) is 12.1 Å². The summed E-state index contributed by atoms with van der Waals surface area (Å²) in [5.74, 6) is -0.307. The van der Waals surface area contributed by atoms with Crippen molar-refractivity contribution >= 4 is 17.4 Å². The first-order valence-electron chi connectivity index (χ1n) is 5.54. The van der Waals surface area contributed by atoms with Gasteiger partial charge in [0.05, 0.1) is 11.8 Å². The van der Waals surface area contributed by atoms with Crippen LogP contribution in [0, 0.1) is 11.3 Å². The van der Waals surface area contributed by atoms with Crippen LogP contribution < -0.4 is 5.32 Å². The molecule has 1 amide bonds. The molecule has 0 fully saturated rings. The second-order valence-corrected chi connectivity index (χ2v) is 4.00. The summed E-state index contributed by atoms with van der Waals surface area (Å²) in [6, 6.07) is 7.22. The van der Waals surface area contributed by atoms with Crippen LogP contribution in [0.3, 0.4) is 0 Å². The molecular weight excluding hydrogens is 216 g/mol. The van der Waals surface area contributed by atoms with Crippen molar-refractivity contribution in [1.82, 2.24) is 0 Å². The topological polar surface area (TPSA) is 70.0 Å². The van der Waals surface area contributed by atoms with Gasteiger partial charge in [0.25, 0.3) is 0 Å². The van der Waals surface area contributed by atoms with Crippen LogP contribution in [0.25, 0.3) is 0 Å². The second-order valence-electron chi connectivity index (χ2n) is 4.00. The molecule has 0 radical (unpaired) electrons. The molecule has 0 saturated heterocycles. The number of rotatable bonds is 2. The van der Waals surface area contributed by atoms with E-state index in [0.29, 0.717) is 17.7 Å². The Morgan fingerprint density at radius 3 is 3.00 bits per heavy atom. The van der Waals surface area contributed by atoms with E-state index in [1.807, 2.05) is 12.1 Å². The summed E-state index contributed by atoms with van der Waals surface area (Å²) in [7, 11) is 0. The van der Waals surface area contributed by atoms with E-state index in [4.69, 9.17) is 5.26 Å². The van der Waals surface area contributed by atoms with Crippen LogP contribution in [-0.2, 0) is 11.2 Å². The van der Waals surface area contributed by atoms with Crippen LogP contribution in [0.4, 0.5) is 5.69 Å². The van der Waals surface area contributed by atoms with Crippen molar-refractivity contribution in [3.63, 3.8) is 0 Å². The molecule has 1 aliphatic carbocycles. The molecule has 0 atom stereocenters. The molecule has 0 aromatic heterocycles. The predicted octanol–water partition coefficient (Wildman–Crippen LogP) is 2.06. The SMILES string of the molecule is N#CCC(=O)Nc1cccc2c1C(=O)CCC2. The highest BCUT2D eigenvalue weighted by atomic mass is 16.1. The number of aryl methyl sites for hydroxylation is 1. The normalized spacial score (nSPS) is 13.7. The van der Waals surface area contributed by atoms with E-state index in [1.165, 1.54) is 0 Å². The lowest BCUT2D eigenvalue weighted by molar-refractivity contribution is -0.115. The Kier molecular flexibility index (Phi) is 3.20. The number of hydrogen-bond acceptors (Lipinski definition) is 3. The summed E-state index contributed by atoms with van der Waals surface area (Å²) in [5, 5.41) is 11.0. The number of nitrogens with one attached hydrogen (secondary N) is 1. The van der Waals surface area contributed by atoms with E-state index >= 15 is 0 Å². The maximum atomic E-state index is 11.8. The van der Waals surface area contributed by atoms with Crippen LogP contribution in [0.1, 0.15) is 35.2 Å². The lowest BCUT2D eigenvalue weighted by Crippen LogP contribution is -2.17. The molecule has 2 rings (SSSR count). The van der Waals surface area contributed by atoms with Gasteiger partial charge in [0.15, 0.2) is 5.78 Å². The molecule has 0 spiro atoms. The van der Waals surface area contributed by atoms with Crippen molar-refractivity contribution in [3.8, 4) is 6.07 Å². The fourth-order valence-corrected chi connectivity index (χ4v) is 2.07. The molecule has 0 heterocycles. The second kappa shape index (κ2) is 4.79. The highest BCUT2D eigenvalue weighted by Gasteiger charge is 2.21. The summed E-state index contributed by atoms with van der Waals surface area (Å²) in [4.78, 5) is 23.2. The quantitative estimate of drug-likeness (QED) is 0.842. The fraction of sp³-hybridized carbons (Fsp3) is 0.308. The molecule has 17 heavy (non-hydrogen) atoms. The maximum Gasteiger partial charge on any atom is 0.238 e. The van der Waals surface area contributed by atoms with Crippen molar-refractivity contribution in [1.29, 1.82) is 5.26 Å². The van der Waals surface area contributed by atoms with Crippen LogP contribution in [0.5, 0.6) is 0 Å². The zero-order chi connectivity index (χ0) is 12.3. The van der Waals surface area contributed by atoms with E-state index in [0.717, 1.165) is 18.4 Å². The van der Waals surface area contributed by atoms with Crippen molar-refractivity contribution < 1.29 is 9.59 Å². The van der Waals surface area contributed by atoms with Gasteiger partial charge in [-0.3, -0.25) is 9.59 Å². The predicted molar refractivity (Wildman–Crippen MR) is 62.6 cm³/mol. The molecule has 1 aromatic carbocycles. The van der Waals surface area contributed by atoms with Gasteiger partial charge in [-0.15, -0.1) is 0 Å². The summed E-state index contributed by atoms with van der Waals surface area (Å²) >= 11 is 0. The number of benzene rings is 1. The van der Waals surface area contributed by atoms with E-state index in [2.05, 4.69) is 5.32 Å². The van der Waals surface area contributed by atoms with Crippen molar-refractivity contribution in [2.24, 2.45) is 0 Å². The maximum absolute atomic E-state index is 11.8. The van der Waals surface area contributed by atoms with Gasteiger partial charge >= 0.3 is 0 Å². The molecule has 1 N–H and O–H groups in total. The van der Waals surface area contributed by atoms with Crippen LogP contribution in [-0.4, -0.2) is 11.7 Å². The number of Topliss-reactive ketones (excluding diaryl/α,β-unsaturated/α-hetero) is 1. The number of ketones is 1. The first-order chi connectivity index (χ1) is 8.22. The first-order valence-corrected chi connectivity index (χ1v) is 5.54. The Morgan fingerprint density at radius 2 is 2.24 bits per heavy atom. The third-order valence-electron chi connectivity index (χ3n) is 2.79. The van der Waals surface area contributed by atoms with Crippen molar-refractivity contribution in [2.75, 3.05) is 5.32 Å². The minimum absolute atomic E-state index is 0.0686. The highest BCUT2D eigenvalue weighted by Crippen LogP contribution is 2.27. The summed E-state index contributed by atoms with van der Waals surface area (Å²) in [6.07, 6.45) is 2.06. The average molecular weight is 228 g/mol. The van der Waals surface area contributed by atoms with E-state index in [1.54, 1.807) is 12.1 Å². The van der Waals surface area contributed by atoms with Crippen LogP contribution in [0.15, 0.2) is 18.2 Å². The van der Waals surface area contributed by atoms with Gasteiger partial charge < -0.3 is 5.32 Å². The molecule has 1 aliphatic rings. The Bertz CT molecular complexity index is 515. The minimum atomic E-state index is -0.376. The molecule has 86 valence electrons. The summed E-state index contributed by atoms with van der Waals surface area (Å²) < 4.78 is 0. The molecule has 0 saturated carbocycles. The van der Waals surface area contributed by atoms with Gasteiger partial charge in [0.1, 0.15) is 6.42 Å². The smallest absolute Gasteiger partial charge is 0.238 e. The van der Waals surface area contributed by atoms with Crippen molar-refractivity contribution in [2.45, 2.75) is 25.7 Å². The first kappa shape index (κ1) is 11.3. The Balaban J connectivity index is 2.32. The average Bonchev–Trinajstić information content (AvgIpc) is 2.29. The van der Waals surface area contributed by atoms with Gasteiger partial charge in [-0.2, -0.15) is 5.26 Å². The summed E-state index contributed by atoms with van der Waals surface area (Å²) in [6.45, 7) is 0. The molecule has 4 heteroatoms. The largest absolute Gasteiger partial charge is 0.325 e. The van der Waals surface area contributed by atoms with E-state index in [-0.39, 0.29) is 18.1 Å². The van der Waals surface area contributed by atoms with E-state index in [9.17, 15) is 9.59 Å². The number of anilines is 1. The minimum Gasteiger partial charge on any atom is -0.325 e. The number of carbonyl (C=O) groups is 2. The zero-order valence-electron chi connectivity index (χ0n) is 9.32. The Morgan fingerprint density at radius 1 is 1.41 bits per heavy atom. The lowest BCUT2D eigenvalue weighted by atomic mass is 9.89. The molecule has 0 bridgehead atoms. The molecule has 1 aromatic rings.